The van der Waals surface area contributed by atoms with E-state index in [1.165, 1.54) is 41.6 Å². The lowest BCUT2D eigenvalue weighted by atomic mass is 9.86. The second-order valence-corrected chi connectivity index (χ2v) is 7.27. The van der Waals surface area contributed by atoms with Gasteiger partial charge in [-0.05, 0) is 90.5 Å². The molecule has 2 aliphatic carbocycles. The maximum atomic E-state index is 2.33. The van der Waals surface area contributed by atoms with Gasteiger partial charge in [0.2, 0.25) is 0 Å². The summed E-state index contributed by atoms with van der Waals surface area (Å²) in [5.41, 5.74) is 12.6. The van der Waals surface area contributed by atoms with Gasteiger partial charge in [-0.25, -0.2) is 0 Å². The lowest BCUT2D eigenvalue weighted by Crippen LogP contribution is -2.05. The minimum atomic E-state index is 0.710. The molecule has 0 nitrogen and oxygen atoms in total. The lowest BCUT2D eigenvalue weighted by Gasteiger charge is -2.19. The molecular formula is C21H32. The molecule has 0 saturated carbocycles. The molecule has 0 heteroatoms. The quantitative estimate of drug-likeness (QED) is 0.535. The molecule has 0 amide bonds. The van der Waals surface area contributed by atoms with Crippen molar-refractivity contribution in [3.63, 3.8) is 0 Å². The first kappa shape index (κ1) is 16.3. The Kier molecular flexibility index (Phi) is 4.66. The highest BCUT2D eigenvalue weighted by molar-refractivity contribution is 5.47. The largest absolute Gasteiger partial charge is 0.0630 e. The molecule has 0 fully saturated rings. The van der Waals surface area contributed by atoms with Crippen molar-refractivity contribution in [2.75, 3.05) is 0 Å². The third kappa shape index (κ3) is 2.70. The van der Waals surface area contributed by atoms with Gasteiger partial charge in [0.15, 0.2) is 0 Å². The molecule has 116 valence electrons. The van der Waals surface area contributed by atoms with Crippen LogP contribution in [0, 0.1) is 11.8 Å². The first-order valence-corrected chi connectivity index (χ1v) is 8.47. The van der Waals surface area contributed by atoms with E-state index in [0.717, 1.165) is 0 Å². The highest BCUT2D eigenvalue weighted by Crippen LogP contribution is 2.42. The van der Waals surface area contributed by atoms with Crippen LogP contribution in [0.5, 0.6) is 0 Å². The maximum Gasteiger partial charge on any atom is 0.00130 e. The van der Waals surface area contributed by atoms with Crippen molar-refractivity contribution in [3.8, 4) is 0 Å². The van der Waals surface area contributed by atoms with Crippen LogP contribution in [0.3, 0.4) is 0 Å². The van der Waals surface area contributed by atoms with Gasteiger partial charge in [-0.3, -0.25) is 0 Å². The molecule has 0 heterocycles. The van der Waals surface area contributed by atoms with E-state index in [9.17, 15) is 0 Å². The molecule has 0 saturated heterocycles. The Bertz CT molecular complexity index is 475. The van der Waals surface area contributed by atoms with Gasteiger partial charge in [-0.1, -0.05) is 28.7 Å². The summed E-state index contributed by atoms with van der Waals surface area (Å²) < 4.78 is 0. The van der Waals surface area contributed by atoms with Crippen molar-refractivity contribution in [3.05, 3.63) is 44.6 Å². The summed E-state index contributed by atoms with van der Waals surface area (Å²) in [7, 11) is 0. The number of hydrogen-bond acceptors (Lipinski definition) is 0. The van der Waals surface area contributed by atoms with Gasteiger partial charge in [-0.2, -0.15) is 0 Å². The third-order valence-corrected chi connectivity index (χ3v) is 6.57. The molecule has 2 rings (SSSR count). The zero-order valence-corrected chi connectivity index (χ0v) is 15.3. The van der Waals surface area contributed by atoms with Crippen LogP contribution in [0.4, 0.5) is 0 Å². The van der Waals surface area contributed by atoms with Crippen molar-refractivity contribution < 1.29 is 0 Å². The normalized spacial score (nSPS) is 21.7. The number of allylic oxidation sites excluding steroid dienone is 8. The average Bonchev–Trinajstić information content (AvgIpc) is 2.76. The summed E-state index contributed by atoms with van der Waals surface area (Å²) >= 11 is 0. The summed E-state index contributed by atoms with van der Waals surface area (Å²) in [5.74, 6) is 1.42. The Hall–Kier alpha value is -1.04. The fraction of sp³-hybridized carbons (Fsp3) is 0.619. The van der Waals surface area contributed by atoms with E-state index in [4.69, 9.17) is 0 Å². The third-order valence-electron chi connectivity index (χ3n) is 6.57. The van der Waals surface area contributed by atoms with Crippen molar-refractivity contribution in [2.45, 2.75) is 74.7 Å². The monoisotopic (exact) mass is 284 g/mol. The van der Waals surface area contributed by atoms with E-state index in [0.29, 0.717) is 11.8 Å². The smallest absolute Gasteiger partial charge is 0.00130 e. The van der Waals surface area contributed by atoms with Gasteiger partial charge in [0.1, 0.15) is 0 Å². The minimum absolute atomic E-state index is 0.710. The van der Waals surface area contributed by atoms with E-state index in [-0.39, 0.29) is 0 Å². The summed E-state index contributed by atoms with van der Waals surface area (Å²) in [6.07, 6.45) is 3.98. The van der Waals surface area contributed by atoms with E-state index in [1.807, 2.05) is 0 Å². The van der Waals surface area contributed by atoms with Crippen LogP contribution in [0.2, 0.25) is 0 Å². The van der Waals surface area contributed by atoms with Gasteiger partial charge >= 0.3 is 0 Å². The molecule has 21 heavy (non-hydrogen) atoms. The van der Waals surface area contributed by atoms with E-state index < -0.39 is 0 Å². The van der Waals surface area contributed by atoms with E-state index in [2.05, 4.69) is 55.4 Å². The SMILES string of the molecule is CC1=C(C)C(CCCC2C(C)=C(C)C(C)=C2C)C(C)=C1C. The number of rotatable bonds is 4. The second-order valence-electron chi connectivity index (χ2n) is 7.27. The molecule has 0 unspecified atom stereocenters. The van der Waals surface area contributed by atoms with E-state index in [1.54, 1.807) is 22.3 Å². The zero-order chi connectivity index (χ0) is 15.9. The summed E-state index contributed by atoms with van der Waals surface area (Å²) in [4.78, 5) is 0. The molecule has 0 radical (unpaired) electrons. The van der Waals surface area contributed by atoms with E-state index >= 15 is 0 Å². The van der Waals surface area contributed by atoms with Crippen LogP contribution in [-0.2, 0) is 0 Å². The highest BCUT2D eigenvalue weighted by atomic mass is 14.3. The Morgan fingerprint density at radius 2 is 0.714 bits per heavy atom. The maximum absolute atomic E-state index is 2.33. The van der Waals surface area contributed by atoms with Crippen LogP contribution < -0.4 is 0 Å². The fourth-order valence-corrected chi connectivity index (χ4v) is 4.27. The second kappa shape index (κ2) is 5.99. The predicted octanol–water partition coefficient (Wildman–Crippen LogP) is 6.76. The molecule has 0 spiro atoms. The van der Waals surface area contributed by atoms with Crippen molar-refractivity contribution in [1.82, 2.24) is 0 Å². The zero-order valence-electron chi connectivity index (χ0n) is 15.3. The molecule has 0 bridgehead atoms. The topological polar surface area (TPSA) is 0 Å². The summed E-state index contributed by atoms with van der Waals surface area (Å²) in [5, 5.41) is 0. The van der Waals surface area contributed by atoms with Gasteiger partial charge in [0.25, 0.3) is 0 Å². The molecule has 0 atom stereocenters. The minimum Gasteiger partial charge on any atom is -0.0630 e. The van der Waals surface area contributed by atoms with Crippen LogP contribution in [0.25, 0.3) is 0 Å². The number of hydrogen-bond donors (Lipinski definition) is 0. The highest BCUT2D eigenvalue weighted by Gasteiger charge is 2.26. The van der Waals surface area contributed by atoms with Crippen molar-refractivity contribution in [1.29, 1.82) is 0 Å². The van der Waals surface area contributed by atoms with Gasteiger partial charge in [0.05, 0.1) is 0 Å². The van der Waals surface area contributed by atoms with Gasteiger partial charge in [-0.15, -0.1) is 0 Å². The lowest BCUT2D eigenvalue weighted by molar-refractivity contribution is 0.532. The standard InChI is InChI=1S/C21H32/c1-12-13(2)17(6)20(16(12)5)10-9-11-21-18(7)14(3)15(4)19(21)8/h20-21H,9-11H2,1-8H3. The predicted molar refractivity (Wildman–Crippen MR) is 94.3 cm³/mol. The van der Waals surface area contributed by atoms with Crippen LogP contribution >= 0.6 is 0 Å². The molecule has 0 aromatic heterocycles. The fourth-order valence-electron chi connectivity index (χ4n) is 4.27. The molecule has 0 N–H and O–H groups in total. The molecule has 0 aromatic rings. The first-order valence-electron chi connectivity index (χ1n) is 8.47. The molecule has 0 aromatic carbocycles. The Morgan fingerprint density at radius 1 is 0.476 bits per heavy atom. The van der Waals surface area contributed by atoms with Gasteiger partial charge in [0, 0.05) is 11.8 Å². The summed E-state index contributed by atoms with van der Waals surface area (Å²) in [6, 6.07) is 0. The molecule has 0 aliphatic heterocycles. The van der Waals surface area contributed by atoms with Crippen LogP contribution in [-0.4, -0.2) is 0 Å². The van der Waals surface area contributed by atoms with Gasteiger partial charge < -0.3 is 0 Å². The van der Waals surface area contributed by atoms with Crippen molar-refractivity contribution >= 4 is 0 Å². The molecular weight excluding hydrogens is 252 g/mol. The Balaban J connectivity index is 1.98. The average molecular weight is 284 g/mol. The van der Waals surface area contributed by atoms with Crippen molar-refractivity contribution in [2.24, 2.45) is 11.8 Å². The Labute approximate surface area is 131 Å². The summed E-state index contributed by atoms with van der Waals surface area (Å²) in [6.45, 7) is 18.5. The first-order chi connectivity index (χ1) is 9.77. The van der Waals surface area contributed by atoms with Crippen LogP contribution in [0.15, 0.2) is 44.6 Å². The molecule has 2 aliphatic rings. The Morgan fingerprint density at radius 3 is 0.952 bits per heavy atom. The van der Waals surface area contributed by atoms with Crippen LogP contribution in [0.1, 0.15) is 74.7 Å².